The fraction of sp³-hybridized carbons (Fsp3) is 0.471. The summed E-state index contributed by atoms with van der Waals surface area (Å²) in [5.41, 5.74) is 3.71. The molecule has 5 heteroatoms. The SMILES string of the molecule is Cc1noc(CCCC(=O)N(C)Cc2cccc(C)c2C)n1. The van der Waals surface area contributed by atoms with E-state index in [0.29, 0.717) is 31.1 Å². The number of aryl methyl sites for hydroxylation is 3. The van der Waals surface area contributed by atoms with Gasteiger partial charge in [0.25, 0.3) is 0 Å². The Morgan fingerprint density at radius 1 is 1.27 bits per heavy atom. The van der Waals surface area contributed by atoms with E-state index in [-0.39, 0.29) is 5.91 Å². The standard InChI is InChI=1S/C17H23N3O2/c1-12-7-5-8-15(13(12)2)11-20(4)17(21)10-6-9-16-18-14(3)19-22-16/h5,7-8H,6,9-11H2,1-4H3. The van der Waals surface area contributed by atoms with Gasteiger partial charge in [0.15, 0.2) is 5.82 Å². The van der Waals surface area contributed by atoms with Crippen molar-refractivity contribution in [3.63, 3.8) is 0 Å². The Bertz CT molecular complexity index is 649. The number of hydrogen-bond acceptors (Lipinski definition) is 4. The molecule has 0 radical (unpaired) electrons. The molecule has 1 aromatic heterocycles. The van der Waals surface area contributed by atoms with Gasteiger partial charge < -0.3 is 9.42 Å². The summed E-state index contributed by atoms with van der Waals surface area (Å²) in [4.78, 5) is 18.1. The Labute approximate surface area is 131 Å². The van der Waals surface area contributed by atoms with E-state index in [1.54, 1.807) is 11.8 Å². The molecule has 5 nitrogen and oxygen atoms in total. The van der Waals surface area contributed by atoms with Gasteiger partial charge in [0.05, 0.1) is 0 Å². The molecule has 1 aromatic carbocycles. The minimum atomic E-state index is 0.136. The maximum Gasteiger partial charge on any atom is 0.226 e. The quantitative estimate of drug-likeness (QED) is 0.823. The van der Waals surface area contributed by atoms with Crippen molar-refractivity contribution < 1.29 is 9.32 Å². The van der Waals surface area contributed by atoms with E-state index in [2.05, 4.69) is 36.1 Å². The minimum absolute atomic E-state index is 0.136. The molecule has 0 bridgehead atoms. The predicted molar refractivity (Wildman–Crippen MR) is 84.4 cm³/mol. The molecule has 0 N–H and O–H groups in total. The highest BCUT2D eigenvalue weighted by molar-refractivity contribution is 5.75. The van der Waals surface area contributed by atoms with Gasteiger partial charge in [-0.2, -0.15) is 4.98 Å². The molecule has 0 aliphatic heterocycles. The van der Waals surface area contributed by atoms with E-state index in [1.807, 2.05) is 13.1 Å². The monoisotopic (exact) mass is 301 g/mol. The molecule has 0 spiro atoms. The molecular formula is C17H23N3O2. The number of aromatic nitrogens is 2. The van der Waals surface area contributed by atoms with Crippen molar-refractivity contribution in [1.29, 1.82) is 0 Å². The first-order chi connectivity index (χ1) is 10.5. The van der Waals surface area contributed by atoms with Gasteiger partial charge in [-0.05, 0) is 43.9 Å². The third-order valence-electron chi connectivity index (χ3n) is 3.90. The van der Waals surface area contributed by atoms with E-state index >= 15 is 0 Å². The van der Waals surface area contributed by atoms with Crippen LogP contribution in [0, 0.1) is 20.8 Å². The lowest BCUT2D eigenvalue weighted by molar-refractivity contribution is -0.130. The van der Waals surface area contributed by atoms with E-state index in [9.17, 15) is 4.79 Å². The number of amides is 1. The van der Waals surface area contributed by atoms with E-state index in [0.717, 1.165) is 6.42 Å². The summed E-state index contributed by atoms with van der Waals surface area (Å²) in [6.07, 6.45) is 1.85. The first kappa shape index (κ1) is 16.2. The molecule has 1 amide bonds. The first-order valence-corrected chi connectivity index (χ1v) is 7.55. The zero-order valence-electron chi connectivity index (χ0n) is 13.7. The molecule has 22 heavy (non-hydrogen) atoms. The van der Waals surface area contributed by atoms with E-state index in [1.165, 1.54) is 16.7 Å². The van der Waals surface area contributed by atoms with Gasteiger partial charge in [-0.3, -0.25) is 4.79 Å². The van der Waals surface area contributed by atoms with Crippen LogP contribution in [0.1, 0.15) is 41.2 Å². The van der Waals surface area contributed by atoms with Crippen LogP contribution in [0.15, 0.2) is 22.7 Å². The van der Waals surface area contributed by atoms with Crippen molar-refractivity contribution in [3.8, 4) is 0 Å². The number of benzene rings is 1. The average Bonchev–Trinajstić information content (AvgIpc) is 2.89. The van der Waals surface area contributed by atoms with Gasteiger partial charge in [-0.15, -0.1) is 0 Å². The Balaban J connectivity index is 1.83. The van der Waals surface area contributed by atoms with Crippen LogP contribution >= 0.6 is 0 Å². The topological polar surface area (TPSA) is 59.2 Å². The molecule has 118 valence electrons. The van der Waals surface area contributed by atoms with Gasteiger partial charge >= 0.3 is 0 Å². The molecule has 1 heterocycles. The van der Waals surface area contributed by atoms with Crippen LogP contribution in [0.2, 0.25) is 0 Å². The maximum absolute atomic E-state index is 12.2. The zero-order chi connectivity index (χ0) is 16.1. The van der Waals surface area contributed by atoms with Crippen molar-refractivity contribution >= 4 is 5.91 Å². The number of carbonyl (C=O) groups excluding carboxylic acids is 1. The molecular weight excluding hydrogens is 278 g/mol. The van der Waals surface area contributed by atoms with Crippen LogP contribution < -0.4 is 0 Å². The zero-order valence-corrected chi connectivity index (χ0v) is 13.7. The van der Waals surface area contributed by atoms with Crippen LogP contribution in [0.5, 0.6) is 0 Å². The van der Waals surface area contributed by atoms with E-state index < -0.39 is 0 Å². The lowest BCUT2D eigenvalue weighted by atomic mass is 10.0. The van der Waals surface area contributed by atoms with Crippen LogP contribution in [0.3, 0.4) is 0 Å². The molecule has 0 unspecified atom stereocenters. The average molecular weight is 301 g/mol. The van der Waals surface area contributed by atoms with Crippen molar-refractivity contribution in [2.24, 2.45) is 0 Å². The molecule has 2 aromatic rings. The summed E-state index contributed by atoms with van der Waals surface area (Å²) >= 11 is 0. The lowest BCUT2D eigenvalue weighted by Gasteiger charge is -2.19. The number of carbonyl (C=O) groups is 1. The Hall–Kier alpha value is -2.17. The predicted octanol–water partition coefficient (Wildman–Crippen LogP) is 2.98. The summed E-state index contributed by atoms with van der Waals surface area (Å²) in [6.45, 7) is 6.62. The van der Waals surface area contributed by atoms with Gasteiger partial charge in [-0.1, -0.05) is 23.4 Å². The first-order valence-electron chi connectivity index (χ1n) is 7.55. The smallest absolute Gasteiger partial charge is 0.226 e. The van der Waals surface area contributed by atoms with Gasteiger partial charge in [0.2, 0.25) is 11.8 Å². The molecule has 0 saturated heterocycles. The lowest BCUT2D eigenvalue weighted by Crippen LogP contribution is -2.26. The molecule has 0 fully saturated rings. The fourth-order valence-electron chi connectivity index (χ4n) is 2.35. The fourth-order valence-corrected chi connectivity index (χ4v) is 2.35. The van der Waals surface area contributed by atoms with Crippen molar-refractivity contribution in [1.82, 2.24) is 15.0 Å². The summed E-state index contributed by atoms with van der Waals surface area (Å²) in [5.74, 6) is 1.37. The van der Waals surface area contributed by atoms with Gasteiger partial charge in [-0.25, -0.2) is 0 Å². The summed E-state index contributed by atoms with van der Waals surface area (Å²) in [7, 11) is 1.85. The third-order valence-corrected chi connectivity index (χ3v) is 3.90. The van der Waals surface area contributed by atoms with Crippen molar-refractivity contribution in [2.45, 2.75) is 46.6 Å². The largest absolute Gasteiger partial charge is 0.341 e. The second-order valence-electron chi connectivity index (χ2n) is 5.70. The summed E-state index contributed by atoms with van der Waals surface area (Å²) in [6, 6.07) is 6.20. The van der Waals surface area contributed by atoms with Crippen molar-refractivity contribution in [2.75, 3.05) is 7.05 Å². The maximum atomic E-state index is 12.2. The van der Waals surface area contributed by atoms with Crippen LogP contribution in [0.25, 0.3) is 0 Å². The molecule has 0 atom stereocenters. The second-order valence-corrected chi connectivity index (χ2v) is 5.70. The second kappa shape index (κ2) is 7.20. The molecule has 0 saturated carbocycles. The number of rotatable bonds is 6. The third kappa shape index (κ3) is 4.16. The number of hydrogen-bond donors (Lipinski definition) is 0. The molecule has 0 aliphatic carbocycles. The Morgan fingerprint density at radius 3 is 2.73 bits per heavy atom. The summed E-state index contributed by atoms with van der Waals surface area (Å²) < 4.78 is 5.05. The highest BCUT2D eigenvalue weighted by atomic mass is 16.5. The molecule has 0 aliphatic rings. The minimum Gasteiger partial charge on any atom is -0.341 e. The number of nitrogens with zero attached hydrogens (tertiary/aromatic N) is 3. The van der Waals surface area contributed by atoms with Crippen LogP contribution in [-0.2, 0) is 17.8 Å². The highest BCUT2D eigenvalue weighted by Gasteiger charge is 2.12. The van der Waals surface area contributed by atoms with Gasteiger partial charge in [0.1, 0.15) is 0 Å². The molecule has 2 rings (SSSR count). The van der Waals surface area contributed by atoms with Crippen LogP contribution in [-0.4, -0.2) is 28.0 Å². The van der Waals surface area contributed by atoms with Gasteiger partial charge in [0, 0.05) is 26.4 Å². The normalized spacial score (nSPS) is 10.7. The van der Waals surface area contributed by atoms with Crippen LogP contribution in [0.4, 0.5) is 0 Å². The Morgan fingerprint density at radius 2 is 2.05 bits per heavy atom. The van der Waals surface area contributed by atoms with Crippen molar-refractivity contribution in [3.05, 3.63) is 46.6 Å². The Kier molecular flexibility index (Phi) is 5.31. The highest BCUT2D eigenvalue weighted by Crippen LogP contribution is 2.15. The summed E-state index contributed by atoms with van der Waals surface area (Å²) in [5, 5.41) is 3.74. The van der Waals surface area contributed by atoms with E-state index in [4.69, 9.17) is 4.52 Å².